The van der Waals surface area contributed by atoms with Crippen LogP contribution in [-0.2, 0) is 25.1 Å². The SMILES string of the molecule is CCn1c(-c2ccc3c(c2)CCCC3)ccc(CS)c1=O. The summed E-state index contributed by atoms with van der Waals surface area (Å²) in [7, 11) is 0. The number of fused-ring (bicyclic) bond motifs is 1. The zero-order chi connectivity index (χ0) is 14.8. The van der Waals surface area contributed by atoms with Crippen molar-refractivity contribution in [1.29, 1.82) is 0 Å². The molecule has 21 heavy (non-hydrogen) atoms. The monoisotopic (exact) mass is 299 g/mol. The molecule has 0 bridgehead atoms. The van der Waals surface area contributed by atoms with Gasteiger partial charge in [0.15, 0.2) is 0 Å². The van der Waals surface area contributed by atoms with Crippen molar-refractivity contribution >= 4 is 12.6 Å². The molecule has 0 radical (unpaired) electrons. The van der Waals surface area contributed by atoms with Crippen molar-refractivity contribution in [1.82, 2.24) is 4.57 Å². The number of rotatable bonds is 3. The van der Waals surface area contributed by atoms with Gasteiger partial charge in [0, 0.05) is 17.9 Å². The minimum atomic E-state index is 0.0859. The standard InChI is InChI=1S/C18H21NOS/c1-2-19-17(10-9-16(12-21)18(19)20)15-8-7-13-5-3-4-6-14(13)11-15/h7-11,21H,2-6,12H2,1H3. The second kappa shape index (κ2) is 6.10. The highest BCUT2D eigenvalue weighted by atomic mass is 32.1. The molecule has 0 N–H and O–H groups in total. The molecule has 1 heterocycles. The van der Waals surface area contributed by atoms with Crippen molar-refractivity contribution in [3.63, 3.8) is 0 Å². The fraction of sp³-hybridized carbons (Fsp3) is 0.389. The Balaban J connectivity index is 2.12. The van der Waals surface area contributed by atoms with Crippen LogP contribution in [-0.4, -0.2) is 4.57 Å². The van der Waals surface area contributed by atoms with E-state index in [9.17, 15) is 4.79 Å². The van der Waals surface area contributed by atoms with Crippen molar-refractivity contribution in [2.75, 3.05) is 0 Å². The van der Waals surface area contributed by atoms with Crippen molar-refractivity contribution in [2.45, 2.75) is 44.9 Å². The molecule has 3 heteroatoms. The average molecular weight is 299 g/mol. The molecule has 0 saturated carbocycles. The van der Waals surface area contributed by atoms with Crippen molar-refractivity contribution in [3.8, 4) is 11.3 Å². The first-order chi connectivity index (χ1) is 10.2. The predicted octanol–water partition coefficient (Wildman–Crippen LogP) is 3.84. The van der Waals surface area contributed by atoms with Crippen LogP contribution in [0.1, 0.15) is 36.5 Å². The third-order valence-electron chi connectivity index (χ3n) is 4.38. The summed E-state index contributed by atoms with van der Waals surface area (Å²) in [6.07, 6.45) is 4.92. The Labute approximate surface area is 131 Å². The topological polar surface area (TPSA) is 22.0 Å². The van der Waals surface area contributed by atoms with E-state index in [1.165, 1.54) is 30.4 Å². The van der Waals surface area contributed by atoms with E-state index in [0.717, 1.165) is 23.2 Å². The summed E-state index contributed by atoms with van der Waals surface area (Å²) < 4.78 is 1.86. The summed E-state index contributed by atoms with van der Waals surface area (Å²) in [4.78, 5) is 12.4. The molecule has 1 aromatic heterocycles. The lowest BCUT2D eigenvalue weighted by molar-refractivity contribution is 0.685. The van der Waals surface area contributed by atoms with Crippen LogP contribution < -0.4 is 5.56 Å². The number of hydrogen-bond acceptors (Lipinski definition) is 2. The number of pyridine rings is 1. The zero-order valence-electron chi connectivity index (χ0n) is 12.4. The Kier molecular flexibility index (Phi) is 4.20. The van der Waals surface area contributed by atoms with Gasteiger partial charge < -0.3 is 4.57 Å². The lowest BCUT2D eigenvalue weighted by Gasteiger charge is -2.18. The summed E-state index contributed by atoms with van der Waals surface area (Å²) in [5.41, 5.74) is 5.95. The molecule has 0 fully saturated rings. The molecule has 0 aliphatic heterocycles. The number of aromatic nitrogens is 1. The molecule has 0 unspecified atom stereocenters. The second-order valence-electron chi connectivity index (χ2n) is 5.64. The van der Waals surface area contributed by atoms with Gasteiger partial charge in [-0.15, -0.1) is 0 Å². The summed E-state index contributed by atoms with van der Waals surface area (Å²) in [5, 5.41) is 0. The maximum absolute atomic E-state index is 12.4. The van der Waals surface area contributed by atoms with Crippen molar-refractivity contribution in [3.05, 3.63) is 57.4 Å². The summed E-state index contributed by atoms with van der Waals surface area (Å²) >= 11 is 4.24. The third kappa shape index (κ3) is 2.67. The fourth-order valence-electron chi connectivity index (χ4n) is 3.20. The first kappa shape index (κ1) is 14.5. The van der Waals surface area contributed by atoms with E-state index in [0.29, 0.717) is 12.3 Å². The Morgan fingerprint density at radius 3 is 2.57 bits per heavy atom. The average Bonchev–Trinajstić information content (AvgIpc) is 2.54. The highest BCUT2D eigenvalue weighted by Gasteiger charge is 2.13. The highest BCUT2D eigenvalue weighted by Crippen LogP contribution is 2.27. The second-order valence-corrected chi connectivity index (χ2v) is 5.96. The lowest BCUT2D eigenvalue weighted by Crippen LogP contribution is -2.23. The van der Waals surface area contributed by atoms with Crippen LogP contribution in [0.4, 0.5) is 0 Å². The van der Waals surface area contributed by atoms with Crippen molar-refractivity contribution < 1.29 is 0 Å². The van der Waals surface area contributed by atoms with E-state index in [-0.39, 0.29) is 5.56 Å². The van der Waals surface area contributed by atoms with Crippen LogP contribution in [0.15, 0.2) is 35.1 Å². The molecular formula is C18H21NOS. The lowest BCUT2D eigenvalue weighted by atomic mass is 9.90. The molecule has 1 aromatic carbocycles. The number of aryl methyl sites for hydroxylation is 2. The molecule has 0 amide bonds. The first-order valence-corrected chi connectivity index (χ1v) is 8.33. The van der Waals surface area contributed by atoms with Crippen LogP contribution in [0.5, 0.6) is 0 Å². The maximum atomic E-state index is 12.4. The van der Waals surface area contributed by atoms with E-state index in [4.69, 9.17) is 0 Å². The predicted molar refractivity (Wildman–Crippen MR) is 91.1 cm³/mol. The molecule has 110 valence electrons. The van der Waals surface area contributed by atoms with Gasteiger partial charge in [0.2, 0.25) is 0 Å². The van der Waals surface area contributed by atoms with Gasteiger partial charge in [-0.05, 0) is 61.4 Å². The van der Waals surface area contributed by atoms with E-state index >= 15 is 0 Å². The molecule has 0 saturated heterocycles. The minimum Gasteiger partial charge on any atom is -0.308 e. The molecule has 2 nitrogen and oxygen atoms in total. The van der Waals surface area contributed by atoms with Crippen LogP contribution >= 0.6 is 12.6 Å². The van der Waals surface area contributed by atoms with Gasteiger partial charge in [-0.25, -0.2) is 0 Å². The van der Waals surface area contributed by atoms with E-state index in [1.807, 2.05) is 17.6 Å². The van der Waals surface area contributed by atoms with E-state index in [1.54, 1.807) is 0 Å². The number of hydrogen-bond donors (Lipinski definition) is 1. The van der Waals surface area contributed by atoms with Gasteiger partial charge in [-0.3, -0.25) is 4.79 Å². The highest BCUT2D eigenvalue weighted by molar-refractivity contribution is 7.79. The van der Waals surface area contributed by atoms with Gasteiger partial charge in [0.05, 0.1) is 5.69 Å². The Morgan fingerprint density at radius 1 is 1.10 bits per heavy atom. The van der Waals surface area contributed by atoms with Gasteiger partial charge in [-0.2, -0.15) is 12.6 Å². The first-order valence-electron chi connectivity index (χ1n) is 7.70. The maximum Gasteiger partial charge on any atom is 0.255 e. The summed E-state index contributed by atoms with van der Waals surface area (Å²) in [5.74, 6) is 0.489. The van der Waals surface area contributed by atoms with E-state index < -0.39 is 0 Å². The number of benzene rings is 1. The minimum absolute atomic E-state index is 0.0859. The molecule has 2 aromatic rings. The Bertz CT molecular complexity index is 718. The van der Waals surface area contributed by atoms with Crippen LogP contribution in [0.25, 0.3) is 11.3 Å². The van der Waals surface area contributed by atoms with Gasteiger partial charge >= 0.3 is 0 Å². The van der Waals surface area contributed by atoms with Crippen LogP contribution in [0.3, 0.4) is 0 Å². The number of thiol groups is 1. The van der Waals surface area contributed by atoms with Crippen molar-refractivity contribution in [2.24, 2.45) is 0 Å². The molecular weight excluding hydrogens is 278 g/mol. The van der Waals surface area contributed by atoms with Crippen LogP contribution in [0, 0.1) is 0 Å². The van der Waals surface area contributed by atoms with E-state index in [2.05, 4.69) is 36.9 Å². The molecule has 0 spiro atoms. The van der Waals surface area contributed by atoms with Crippen LogP contribution in [0.2, 0.25) is 0 Å². The smallest absolute Gasteiger partial charge is 0.255 e. The summed E-state index contributed by atoms with van der Waals surface area (Å²) in [6, 6.07) is 10.6. The Morgan fingerprint density at radius 2 is 1.86 bits per heavy atom. The van der Waals surface area contributed by atoms with Gasteiger partial charge in [0.25, 0.3) is 5.56 Å². The fourth-order valence-corrected chi connectivity index (χ4v) is 3.44. The quantitative estimate of drug-likeness (QED) is 0.855. The largest absolute Gasteiger partial charge is 0.308 e. The Hall–Kier alpha value is -1.48. The molecule has 3 rings (SSSR count). The normalized spacial score (nSPS) is 14.0. The molecule has 0 atom stereocenters. The van der Waals surface area contributed by atoms with Gasteiger partial charge in [-0.1, -0.05) is 18.2 Å². The van der Waals surface area contributed by atoms with Gasteiger partial charge in [0.1, 0.15) is 0 Å². The third-order valence-corrected chi connectivity index (χ3v) is 4.72. The molecule has 1 aliphatic carbocycles. The number of nitrogens with zero attached hydrogens (tertiary/aromatic N) is 1. The summed E-state index contributed by atoms with van der Waals surface area (Å²) in [6.45, 7) is 2.71. The molecule has 1 aliphatic rings. The zero-order valence-corrected chi connectivity index (χ0v) is 13.3.